The Bertz CT molecular complexity index is 855. The number of rotatable bonds is 9. The van der Waals surface area contributed by atoms with Crippen molar-refractivity contribution in [3.8, 4) is 5.75 Å². The van der Waals surface area contributed by atoms with E-state index in [1.807, 2.05) is 0 Å². The van der Waals surface area contributed by atoms with Gasteiger partial charge in [-0.15, -0.1) is 0 Å². The summed E-state index contributed by atoms with van der Waals surface area (Å²) in [6.07, 6.45) is -0.0563. The summed E-state index contributed by atoms with van der Waals surface area (Å²) in [5.41, 5.74) is -0.330. The van der Waals surface area contributed by atoms with E-state index in [4.69, 9.17) is 9.47 Å². The smallest absolute Gasteiger partial charge is 0.407 e. The zero-order valence-corrected chi connectivity index (χ0v) is 17.2. The van der Waals surface area contributed by atoms with Gasteiger partial charge in [0.2, 0.25) is 0 Å². The predicted molar refractivity (Wildman–Crippen MR) is 110 cm³/mol. The van der Waals surface area contributed by atoms with Crippen molar-refractivity contribution in [1.29, 1.82) is 0 Å². The van der Waals surface area contributed by atoms with Crippen LogP contribution in [0.3, 0.4) is 0 Å². The Morgan fingerprint density at radius 1 is 1.06 bits per heavy atom. The molecule has 2 aromatic rings. The molecule has 0 bridgehead atoms. The van der Waals surface area contributed by atoms with Crippen molar-refractivity contribution >= 4 is 6.09 Å². The predicted octanol–water partition coefficient (Wildman–Crippen LogP) is 3.82. The summed E-state index contributed by atoms with van der Waals surface area (Å²) in [6.45, 7) is 0.556. The summed E-state index contributed by atoms with van der Waals surface area (Å²) in [5, 5.41) is 21.2. The molecule has 0 spiro atoms. The molecule has 2 N–H and O–H groups in total. The number of amides is 1. The van der Waals surface area contributed by atoms with Gasteiger partial charge in [0, 0.05) is 13.1 Å². The maximum absolute atomic E-state index is 13.5. The van der Waals surface area contributed by atoms with Crippen LogP contribution in [0, 0.1) is 11.7 Å². The topological polar surface area (TPSA) is 79.2 Å². The highest BCUT2D eigenvalue weighted by Gasteiger charge is 2.42. The minimum absolute atomic E-state index is 0.0166. The zero-order valence-electron chi connectivity index (χ0n) is 17.2. The fraction of sp³-hybridized carbons (Fsp3) is 0.435. The highest BCUT2D eigenvalue weighted by molar-refractivity contribution is 5.65. The Labute approximate surface area is 180 Å². The molecule has 8 heteroatoms. The molecule has 1 aliphatic rings. The highest BCUT2D eigenvalue weighted by atomic mass is 19.1. The Morgan fingerprint density at radius 3 is 2.42 bits per heavy atom. The Hall–Kier alpha value is -2.71. The van der Waals surface area contributed by atoms with Crippen LogP contribution in [0.5, 0.6) is 5.75 Å². The largest absolute Gasteiger partial charge is 0.491 e. The molecule has 1 saturated heterocycles. The molecule has 1 aliphatic heterocycles. The lowest BCUT2D eigenvalue weighted by Crippen LogP contribution is -2.45. The minimum Gasteiger partial charge on any atom is -0.491 e. The summed E-state index contributed by atoms with van der Waals surface area (Å²) in [7, 11) is 0. The quantitative estimate of drug-likeness (QED) is 0.586. The summed E-state index contributed by atoms with van der Waals surface area (Å²) < 4.78 is 36.4. The van der Waals surface area contributed by atoms with E-state index >= 15 is 0 Å². The number of aliphatic hydroxyl groups is 1. The number of carboxylic acid groups (broad SMARTS) is 1. The number of alkyl halides is 1. The summed E-state index contributed by atoms with van der Waals surface area (Å²) in [5.74, 6) is -0.154. The van der Waals surface area contributed by atoms with Crippen molar-refractivity contribution in [2.24, 2.45) is 5.92 Å². The molecule has 6 nitrogen and oxygen atoms in total. The Kier molecular flexibility index (Phi) is 7.81. The lowest BCUT2D eigenvalue weighted by Gasteiger charge is -2.41. The first kappa shape index (κ1) is 23.0. The van der Waals surface area contributed by atoms with Crippen LogP contribution in [-0.4, -0.2) is 60.8 Å². The summed E-state index contributed by atoms with van der Waals surface area (Å²) >= 11 is 0. The van der Waals surface area contributed by atoms with Crippen LogP contribution in [0.4, 0.5) is 13.6 Å². The van der Waals surface area contributed by atoms with Crippen LogP contribution >= 0.6 is 0 Å². The number of ether oxygens (including phenoxy) is 2. The maximum Gasteiger partial charge on any atom is 0.407 e. The van der Waals surface area contributed by atoms with E-state index in [-0.39, 0.29) is 25.7 Å². The molecule has 1 heterocycles. The third-order valence-electron chi connectivity index (χ3n) is 5.63. The van der Waals surface area contributed by atoms with Gasteiger partial charge in [0.05, 0.1) is 13.2 Å². The van der Waals surface area contributed by atoms with Gasteiger partial charge in [0.1, 0.15) is 30.4 Å². The van der Waals surface area contributed by atoms with Crippen molar-refractivity contribution in [1.82, 2.24) is 4.90 Å². The third kappa shape index (κ3) is 5.51. The first-order chi connectivity index (χ1) is 14.9. The van der Waals surface area contributed by atoms with Gasteiger partial charge < -0.3 is 24.6 Å². The van der Waals surface area contributed by atoms with Gasteiger partial charge in [-0.25, -0.2) is 13.6 Å². The minimum atomic E-state index is -1.44. The standard InChI is InChI=1S/C23H27F2NO5/c24-10-13-30-14-15-31-21-3-1-2-19(16-21)23(29,17-4-6-20(25)7-5-17)18-8-11-26(12-9-18)22(27)28/h1-7,16,18,29H,8-15H2,(H,27,28)/t23-/m1/s1. The maximum atomic E-state index is 13.5. The van der Waals surface area contributed by atoms with E-state index in [1.165, 1.54) is 17.0 Å². The van der Waals surface area contributed by atoms with Gasteiger partial charge in [-0.3, -0.25) is 0 Å². The molecule has 0 saturated carbocycles. The molecule has 31 heavy (non-hydrogen) atoms. The van der Waals surface area contributed by atoms with Crippen LogP contribution in [0.1, 0.15) is 24.0 Å². The number of hydrogen-bond donors (Lipinski definition) is 2. The van der Waals surface area contributed by atoms with E-state index in [1.54, 1.807) is 36.4 Å². The van der Waals surface area contributed by atoms with Crippen molar-refractivity contribution in [3.63, 3.8) is 0 Å². The van der Waals surface area contributed by atoms with Crippen molar-refractivity contribution in [2.45, 2.75) is 18.4 Å². The van der Waals surface area contributed by atoms with Crippen LogP contribution < -0.4 is 4.74 Å². The third-order valence-corrected chi connectivity index (χ3v) is 5.63. The van der Waals surface area contributed by atoms with Crippen molar-refractivity contribution < 1.29 is 33.3 Å². The highest BCUT2D eigenvalue weighted by Crippen LogP contribution is 2.42. The van der Waals surface area contributed by atoms with Crippen LogP contribution in [0.25, 0.3) is 0 Å². The molecular formula is C23H27F2NO5. The molecule has 1 fully saturated rings. The molecule has 2 aromatic carbocycles. The molecule has 0 aliphatic carbocycles. The zero-order chi connectivity index (χ0) is 22.3. The lowest BCUT2D eigenvalue weighted by atomic mass is 9.72. The van der Waals surface area contributed by atoms with Crippen molar-refractivity contribution in [3.05, 3.63) is 65.5 Å². The number of likely N-dealkylation sites (tertiary alicyclic amines) is 1. The van der Waals surface area contributed by atoms with Crippen LogP contribution in [-0.2, 0) is 10.3 Å². The Balaban J connectivity index is 1.86. The molecule has 168 valence electrons. The number of carbonyl (C=O) groups is 1. The second-order valence-corrected chi connectivity index (χ2v) is 7.49. The summed E-state index contributed by atoms with van der Waals surface area (Å²) in [4.78, 5) is 12.6. The molecule has 0 aromatic heterocycles. The first-order valence-electron chi connectivity index (χ1n) is 10.3. The normalized spacial score (nSPS) is 16.7. The van der Waals surface area contributed by atoms with E-state index in [0.717, 1.165) is 0 Å². The SMILES string of the molecule is O=C(O)N1CCC([C@](O)(c2ccc(F)cc2)c2cccc(OCCOCCF)c2)CC1. The molecular weight excluding hydrogens is 408 g/mol. The van der Waals surface area contributed by atoms with Crippen LogP contribution in [0.15, 0.2) is 48.5 Å². The molecule has 1 atom stereocenters. The molecule has 1 amide bonds. The van der Waals surface area contributed by atoms with E-state index in [2.05, 4.69) is 0 Å². The second kappa shape index (κ2) is 10.5. The average Bonchev–Trinajstić information content (AvgIpc) is 2.79. The van der Waals surface area contributed by atoms with Gasteiger partial charge in [-0.1, -0.05) is 24.3 Å². The van der Waals surface area contributed by atoms with Gasteiger partial charge in [-0.05, 0) is 54.2 Å². The number of halogens is 2. The van der Waals surface area contributed by atoms with Gasteiger partial charge in [0.25, 0.3) is 0 Å². The van der Waals surface area contributed by atoms with E-state index < -0.39 is 24.2 Å². The fourth-order valence-electron chi connectivity index (χ4n) is 4.03. The second-order valence-electron chi connectivity index (χ2n) is 7.49. The summed E-state index contributed by atoms with van der Waals surface area (Å²) in [6, 6.07) is 12.7. The monoisotopic (exact) mass is 435 g/mol. The Morgan fingerprint density at radius 2 is 1.77 bits per heavy atom. The van der Waals surface area contributed by atoms with Gasteiger partial charge in [-0.2, -0.15) is 0 Å². The van der Waals surface area contributed by atoms with Gasteiger partial charge in [0.15, 0.2) is 0 Å². The molecule has 0 radical (unpaired) electrons. The fourth-order valence-corrected chi connectivity index (χ4v) is 4.03. The number of piperidine rings is 1. The molecule has 0 unspecified atom stereocenters. The lowest BCUT2D eigenvalue weighted by molar-refractivity contribution is -0.0123. The average molecular weight is 435 g/mol. The number of benzene rings is 2. The first-order valence-corrected chi connectivity index (χ1v) is 10.3. The van der Waals surface area contributed by atoms with Crippen LogP contribution in [0.2, 0.25) is 0 Å². The molecule has 3 rings (SSSR count). The van der Waals surface area contributed by atoms with E-state index in [9.17, 15) is 23.8 Å². The van der Waals surface area contributed by atoms with Gasteiger partial charge >= 0.3 is 6.09 Å². The van der Waals surface area contributed by atoms with Crippen molar-refractivity contribution in [2.75, 3.05) is 39.6 Å². The number of nitrogens with zero attached hydrogens (tertiary/aromatic N) is 1. The number of hydrogen-bond acceptors (Lipinski definition) is 4. The van der Waals surface area contributed by atoms with E-state index in [0.29, 0.717) is 42.8 Å².